The summed E-state index contributed by atoms with van der Waals surface area (Å²) < 4.78 is 5.49. The fourth-order valence-electron chi connectivity index (χ4n) is 2.96. The largest absolute Gasteiger partial charge is 0.444 e. The van der Waals surface area contributed by atoms with E-state index in [2.05, 4.69) is 18.3 Å². The number of benzene rings is 1. The van der Waals surface area contributed by atoms with Crippen molar-refractivity contribution >= 4 is 17.7 Å². The molecule has 0 aliphatic carbocycles. The molecule has 1 aromatic carbocycles. The van der Waals surface area contributed by atoms with Crippen molar-refractivity contribution in [1.82, 2.24) is 10.2 Å². The molecule has 134 valence electrons. The van der Waals surface area contributed by atoms with Gasteiger partial charge in [0.05, 0.1) is 0 Å². The summed E-state index contributed by atoms with van der Waals surface area (Å²) in [5, 5.41) is 4.39. The highest BCUT2D eigenvalue weighted by molar-refractivity contribution is 6.31. The predicted octanol–water partition coefficient (Wildman–Crippen LogP) is 4.53. The third-order valence-electron chi connectivity index (χ3n) is 4.34. The minimum atomic E-state index is -0.448. The lowest BCUT2D eigenvalue weighted by Crippen LogP contribution is -2.50. The number of piperidine rings is 1. The Labute approximate surface area is 150 Å². The maximum Gasteiger partial charge on any atom is 0.410 e. The molecule has 0 radical (unpaired) electrons. The van der Waals surface area contributed by atoms with Gasteiger partial charge >= 0.3 is 6.09 Å². The van der Waals surface area contributed by atoms with Crippen LogP contribution in [0.3, 0.4) is 0 Å². The highest BCUT2D eigenvalue weighted by Gasteiger charge is 2.31. The van der Waals surface area contributed by atoms with E-state index in [4.69, 9.17) is 16.3 Å². The number of hydrogen-bond donors (Lipinski definition) is 1. The zero-order valence-electron chi connectivity index (χ0n) is 15.4. The number of carbonyl (C=O) groups is 1. The molecule has 0 bridgehead atoms. The number of likely N-dealkylation sites (tertiary alicyclic amines) is 1. The molecule has 1 amide bonds. The molecule has 1 aliphatic rings. The van der Waals surface area contributed by atoms with Gasteiger partial charge in [0.25, 0.3) is 0 Å². The van der Waals surface area contributed by atoms with Crippen LogP contribution in [0.5, 0.6) is 0 Å². The molecule has 2 atom stereocenters. The third kappa shape index (κ3) is 5.38. The molecular formula is C19H29ClN2O2. The molecule has 1 aromatic rings. The molecule has 2 unspecified atom stereocenters. The summed E-state index contributed by atoms with van der Waals surface area (Å²) in [6, 6.07) is 6.75. The van der Waals surface area contributed by atoms with E-state index < -0.39 is 5.60 Å². The van der Waals surface area contributed by atoms with Crippen LogP contribution in [0.25, 0.3) is 0 Å². The first-order valence-electron chi connectivity index (χ1n) is 8.64. The summed E-state index contributed by atoms with van der Waals surface area (Å²) in [5.41, 5.74) is 1.84. The van der Waals surface area contributed by atoms with E-state index in [0.29, 0.717) is 6.04 Å². The van der Waals surface area contributed by atoms with E-state index in [1.165, 1.54) is 5.56 Å². The molecule has 5 heteroatoms. The lowest BCUT2D eigenvalue weighted by atomic mass is 9.98. The van der Waals surface area contributed by atoms with E-state index >= 15 is 0 Å². The second kappa shape index (κ2) is 7.75. The highest BCUT2D eigenvalue weighted by Crippen LogP contribution is 2.21. The number of aryl methyl sites for hydroxylation is 1. The van der Waals surface area contributed by atoms with Crippen molar-refractivity contribution < 1.29 is 9.53 Å². The summed E-state index contributed by atoms with van der Waals surface area (Å²) in [6.07, 6.45) is 1.65. The third-order valence-corrected chi connectivity index (χ3v) is 4.74. The molecule has 1 fully saturated rings. The maximum absolute atomic E-state index is 12.2. The van der Waals surface area contributed by atoms with Crippen LogP contribution in [-0.2, 0) is 11.3 Å². The van der Waals surface area contributed by atoms with Gasteiger partial charge in [0.15, 0.2) is 0 Å². The average Bonchev–Trinajstić information content (AvgIpc) is 2.46. The number of hydrogen-bond acceptors (Lipinski definition) is 3. The molecule has 0 aromatic heterocycles. The Bertz CT molecular complexity index is 583. The number of nitrogens with one attached hydrogen (secondary N) is 1. The van der Waals surface area contributed by atoms with Gasteiger partial charge in [0.2, 0.25) is 0 Å². The Morgan fingerprint density at radius 1 is 1.42 bits per heavy atom. The number of nitrogens with zero attached hydrogens (tertiary/aromatic N) is 1. The Hall–Kier alpha value is -1.26. The molecular weight excluding hydrogens is 324 g/mol. The number of rotatable bonds is 3. The quantitative estimate of drug-likeness (QED) is 0.869. The zero-order chi connectivity index (χ0) is 17.9. The molecule has 4 nitrogen and oxygen atoms in total. The summed E-state index contributed by atoms with van der Waals surface area (Å²) in [6.45, 7) is 11.3. The first kappa shape index (κ1) is 19.1. The summed E-state index contributed by atoms with van der Waals surface area (Å²) in [5.74, 6) is 0. The van der Waals surface area contributed by atoms with Crippen LogP contribution in [0.15, 0.2) is 18.2 Å². The van der Waals surface area contributed by atoms with Crippen molar-refractivity contribution in [2.24, 2.45) is 0 Å². The van der Waals surface area contributed by atoms with E-state index in [1.54, 1.807) is 0 Å². The van der Waals surface area contributed by atoms with Crippen LogP contribution in [0.2, 0.25) is 5.02 Å². The number of carbonyl (C=O) groups excluding carboxylic acids is 1. The highest BCUT2D eigenvalue weighted by atomic mass is 35.5. The standard InChI is InChI=1S/C19H29ClN2O2/c1-13-6-7-15(11-17(13)20)12-21-16-8-9-22(14(2)10-16)18(23)24-19(3,4)5/h6-7,11,14,16,21H,8-10,12H2,1-5H3. The minimum absolute atomic E-state index is 0.174. The van der Waals surface area contributed by atoms with Gasteiger partial charge in [0.1, 0.15) is 5.60 Å². The fraction of sp³-hybridized carbons (Fsp3) is 0.632. The Kier molecular flexibility index (Phi) is 6.16. The molecule has 24 heavy (non-hydrogen) atoms. The van der Waals surface area contributed by atoms with Crippen molar-refractivity contribution in [2.45, 2.75) is 71.7 Å². The lowest BCUT2D eigenvalue weighted by molar-refractivity contribution is 0.00932. The van der Waals surface area contributed by atoms with Gasteiger partial charge in [-0.25, -0.2) is 4.79 Å². The molecule has 0 saturated carbocycles. The lowest BCUT2D eigenvalue weighted by Gasteiger charge is -2.38. The van der Waals surface area contributed by atoms with Crippen molar-refractivity contribution in [3.8, 4) is 0 Å². The van der Waals surface area contributed by atoms with Crippen LogP contribution in [0, 0.1) is 6.92 Å². The van der Waals surface area contributed by atoms with Gasteiger partial charge in [-0.1, -0.05) is 23.7 Å². The van der Waals surface area contributed by atoms with E-state index in [1.807, 2.05) is 44.7 Å². The predicted molar refractivity (Wildman–Crippen MR) is 98.5 cm³/mol. The Balaban J connectivity index is 1.84. The van der Waals surface area contributed by atoms with Crippen molar-refractivity contribution in [1.29, 1.82) is 0 Å². The van der Waals surface area contributed by atoms with E-state index in [0.717, 1.165) is 36.5 Å². The van der Waals surface area contributed by atoms with Gasteiger partial charge in [0, 0.05) is 30.2 Å². The van der Waals surface area contributed by atoms with Crippen LogP contribution >= 0.6 is 11.6 Å². The fourth-order valence-corrected chi connectivity index (χ4v) is 3.16. The summed E-state index contributed by atoms with van der Waals surface area (Å²) in [4.78, 5) is 14.1. The van der Waals surface area contributed by atoms with Gasteiger partial charge < -0.3 is 15.0 Å². The second-order valence-electron chi connectivity index (χ2n) is 7.71. The summed E-state index contributed by atoms with van der Waals surface area (Å²) in [7, 11) is 0. The monoisotopic (exact) mass is 352 g/mol. The Morgan fingerprint density at radius 2 is 2.12 bits per heavy atom. The molecule has 1 heterocycles. The van der Waals surface area contributed by atoms with Crippen molar-refractivity contribution in [3.63, 3.8) is 0 Å². The first-order valence-corrected chi connectivity index (χ1v) is 9.01. The van der Waals surface area contributed by atoms with Crippen LogP contribution in [0.1, 0.15) is 51.7 Å². The molecule has 1 saturated heterocycles. The van der Waals surface area contributed by atoms with Gasteiger partial charge in [-0.3, -0.25) is 0 Å². The minimum Gasteiger partial charge on any atom is -0.444 e. The van der Waals surface area contributed by atoms with Gasteiger partial charge in [-0.2, -0.15) is 0 Å². The number of amides is 1. The Morgan fingerprint density at radius 3 is 2.71 bits per heavy atom. The normalized spacial score (nSPS) is 21.7. The smallest absolute Gasteiger partial charge is 0.410 e. The molecule has 1 aliphatic heterocycles. The topological polar surface area (TPSA) is 41.6 Å². The van der Waals surface area contributed by atoms with Crippen LogP contribution < -0.4 is 5.32 Å². The molecule has 2 rings (SSSR count). The first-order chi connectivity index (χ1) is 11.2. The van der Waals surface area contributed by atoms with Gasteiger partial charge in [-0.15, -0.1) is 0 Å². The van der Waals surface area contributed by atoms with Crippen LogP contribution in [0.4, 0.5) is 4.79 Å². The maximum atomic E-state index is 12.2. The average molecular weight is 353 g/mol. The molecule has 0 spiro atoms. The van der Waals surface area contributed by atoms with E-state index in [-0.39, 0.29) is 12.1 Å². The van der Waals surface area contributed by atoms with Gasteiger partial charge in [-0.05, 0) is 64.7 Å². The summed E-state index contributed by atoms with van der Waals surface area (Å²) >= 11 is 6.18. The second-order valence-corrected chi connectivity index (χ2v) is 8.12. The molecule has 1 N–H and O–H groups in total. The van der Waals surface area contributed by atoms with Crippen LogP contribution in [-0.4, -0.2) is 35.2 Å². The number of halogens is 1. The van der Waals surface area contributed by atoms with E-state index in [9.17, 15) is 4.79 Å². The zero-order valence-corrected chi connectivity index (χ0v) is 16.1. The number of ether oxygens (including phenoxy) is 1. The van der Waals surface area contributed by atoms with Crippen molar-refractivity contribution in [3.05, 3.63) is 34.3 Å². The van der Waals surface area contributed by atoms with Crippen molar-refractivity contribution in [2.75, 3.05) is 6.54 Å². The SMILES string of the molecule is Cc1ccc(CNC2CCN(C(=O)OC(C)(C)C)C(C)C2)cc1Cl.